The normalized spacial score (nSPS) is 21.0. The van der Waals surface area contributed by atoms with Crippen LogP contribution in [0.4, 0.5) is 0 Å². The van der Waals surface area contributed by atoms with Crippen LogP contribution in [0, 0.1) is 0 Å². The third-order valence-electron chi connectivity index (χ3n) is 5.56. The minimum atomic E-state index is -4.36. The topological polar surface area (TPSA) is 147 Å². The van der Waals surface area contributed by atoms with E-state index in [1.165, 1.54) is 24.3 Å². The van der Waals surface area contributed by atoms with Crippen LogP contribution in [0.3, 0.4) is 0 Å². The Hall–Kier alpha value is -3.17. The number of benzene rings is 3. The fraction of sp³-hybridized carbons (Fsp3) is 0.136. The average Bonchev–Trinajstić information content (AvgIpc) is 3.11. The Kier molecular flexibility index (Phi) is 5.52. The SMILES string of the molecule is COP(=O)(O)Oc1ccc2c(c1)Oc1cc(OP(=O)(O)OC)ccc1C21OC(=O)c2ccccc21. The monoisotopic (exact) mass is 520 g/mol. The molecule has 0 aromatic heterocycles. The summed E-state index contributed by atoms with van der Waals surface area (Å²) >= 11 is 0. The Morgan fingerprint density at radius 2 is 1.29 bits per heavy atom. The van der Waals surface area contributed by atoms with Crippen LogP contribution in [0.1, 0.15) is 27.0 Å². The molecule has 0 saturated carbocycles. The summed E-state index contributed by atoms with van der Waals surface area (Å²) in [4.78, 5) is 32.3. The number of carbonyl (C=O) groups excluding carboxylic acids is 1. The van der Waals surface area contributed by atoms with Gasteiger partial charge in [-0.2, -0.15) is 0 Å². The Labute approximate surface area is 199 Å². The summed E-state index contributed by atoms with van der Waals surface area (Å²) < 4.78 is 54.8. The van der Waals surface area contributed by atoms with E-state index in [2.05, 4.69) is 9.05 Å². The van der Waals surface area contributed by atoms with E-state index >= 15 is 0 Å². The van der Waals surface area contributed by atoms with Crippen molar-refractivity contribution in [2.75, 3.05) is 14.2 Å². The van der Waals surface area contributed by atoms with Crippen LogP contribution in [-0.4, -0.2) is 30.0 Å². The summed E-state index contributed by atoms with van der Waals surface area (Å²) in [5.41, 5.74) is 0.332. The molecule has 0 fully saturated rings. The highest BCUT2D eigenvalue weighted by Gasteiger charge is 2.53. The number of fused-ring (bicyclic) bond motifs is 6. The Morgan fingerprint density at radius 1 is 0.771 bits per heavy atom. The van der Waals surface area contributed by atoms with Crippen molar-refractivity contribution in [2.45, 2.75) is 5.60 Å². The molecule has 0 radical (unpaired) electrons. The molecule has 2 aliphatic rings. The first kappa shape index (κ1) is 23.6. The van der Waals surface area contributed by atoms with Gasteiger partial charge in [-0.25, -0.2) is 13.9 Å². The molecule has 0 aliphatic carbocycles. The van der Waals surface area contributed by atoms with Crippen LogP contribution in [0.5, 0.6) is 23.0 Å². The molecular weight excluding hydrogens is 502 g/mol. The number of hydrogen-bond acceptors (Lipinski definition) is 9. The van der Waals surface area contributed by atoms with Crippen LogP contribution in [0.2, 0.25) is 0 Å². The predicted octanol–water partition coefficient (Wildman–Crippen LogP) is 4.51. The van der Waals surface area contributed by atoms with Crippen molar-refractivity contribution in [3.05, 3.63) is 82.9 Å². The summed E-state index contributed by atoms with van der Waals surface area (Å²) in [6, 6.07) is 15.5. The first-order valence-electron chi connectivity index (χ1n) is 10.0. The molecule has 182 valence electrons. The Morgan fingerprint density at radius 3 is 1.80 bits per heavy atom. The number of phosphoric ester groups is 2. The largest absolute Gasteiger partial charge is 0.527 e. The number of phosphoric acid groups is 2. The van der Waals surface area contributed by atoms with E-state index in [0.29, 0.717) is 22.3 Å². The van der Waals surface area contributed by atoms with Gasteiger partial charge in [0.05, 0.1) is 5.56 Å². The lowest BCUT2D eigenvalue weighted by Crippen LogP contribution is -2.33. The van der Waals surface area contributed by atoms with Gasteiger partial charge in [0, 0.05) is 43.0 Å². The second-order valence-corrected chi connectivity index (χ2v) is 10.5. The van der Waals surface area contributed by atoms with Crippen molar-refractivity contribution >= 4 is 21.6 Å². The molecule has 2 heterocycles. The van der Waals surface area contributed by atoms with E-state index in [9.17, 15) is 23.7 Å². The summed E-state index contributed by atoms with van der Waals surface area (Å²) in [6.07, 6.45) is 0. The fourth-order valence-corrected chi connectivity index (χ4v) is 5.00. The van der Waals surface area contributed by atoms with Crippen LogP contribution >= 0.6 is 15.6 Å². The highest BCUT2D eigenvalue weighted by Crippen LogP contribution is 2.58. The van der Waals surface area contributed by atoms with E-state index in [1.54, 1.807) is 36.4 Å². The molecule has 0 bridgehead atoms. The van der Waals surface area contributed by atoms with Crippen molar-refractivity contribution < 1.29 is 51.3 Å². The molecular formula is C22H18O11P2. The smallest absolute Gasteiger partial charge is 0.456 e. The van der Waals surface area contributed by atoms with E-state index in [-0.39, 0.29) is 23.0 Å². The Balaban J connectivity index is 1.71. The first-order chi connectivity index (χ1) is 16.6. The number of hydrogen-bond donors (Lipinski definition) is 2. The predicted molar refractivity (Wildman–Crippen MR) is 120 cm³/mol. The summed E-state index contributed by atoms with van der Waals surface area (Å²) in [5, 5.41) is 0. The average molecular weight is 520 g/mol. The maximum Gasteiger partial charge on any atom is 0.527 e. The lowest BCUT2D eigenvalue weighted by Gasteiger charge is -2.36. The van der Waals surface area contributed by atoms with Crippen LogP contribution < -0.4 is 13.8 Å². The zero-order valence-corrected chi connectivity index (χ0v) is 20.0. The molecule has 35 heavy (non-hydrogen) atoms. The van der Waals surface area contributed by atoms with Gasteiger partial charge in [0.1, 0.15) is 23.0 Å². The van der Waals surface area contributed by atoms with Gasteiger partial charge in [0.15, 0.2) is 5.60 Å². The third-order valence-corrected chi connectivity index (χ3v) is 7.37. The molecule has 3 aromatic carbocycles. The van der Waals surface area contributed by atoms with Gasteiger partial charge in [-0.15, -0.1) is 0 Å². The van der Waals surface area contributed by atoms with Crippen molar-refractivity contribution in [3.8, 4) is 23.0 Å². The van der Waals surface area contributed by atoms with Crippen LogP contribution in [-0.2, 0) is 28.5 Å². The lowest BCUT2D eigenvalue weighted by molar-refractivity contribution is 0.0224. The zero-order valence-electron chi connectivity index (χ0n) is 18.2. The van der Waals surface area contributed by atoms with Gasteiger partial charge < -0.3 is 18.5 Å². The third kappa shape index (κ3) is 3.92. The molecule has 13 heteroatoms. The summed E-state index contributed by atoms with van der Waals surface area (Å²) in [5.74, 6) is -0.351. The molecule has 5 rings (SSSR count). The molecule has 3 aromatic rings. The summed E-state index contributed by atoms with van der Waals surface area (Å²) in [7, 11) is -6.68. The minimum absolute atomic E-state index is 0.0423. The van der Waals surface area contributed by atoms with Gasteiger partial charge in [0.2, 0.25) is 0 Å². The maximum atomic E-state index is 12.9. The summed E-state index contributed by atoms with van der Waals surface area (Å²) in [6.45, 7) is 0. The first-order valence-corrected chi connectivity index (χ1v) is 13.0. The molecule has 11 nitrogen and oxygen atoms in total. The van der Waals surface area contributed by atoms with Gasteiger partial charge in [-0.05, 0) is 30.3 Å². The van der Waals surface area contributed by atoms with Crippen molar-refractivity contribution in [3.63, 3.8) is 0 Å². The number of rotatable bonds is 6. The van der Waals surface area contributed by atoms with Gasteiger partial charge >= 0.3 is 21.6 Å². The van der Waals surface area contributed by atoms with Crippen molar-refractivity contribution in [1.82, 2.24) is 0 Å². The number of esters is 1. The second kappa shape index (κ2) is 8.20. The number of ether oxygens (including phenoxy) is 2. The second-order valence-electron chi connectivity index (χ2n) is 7.52. The quantitative estimate of drug-likeness (QED) is 0.350. The van der Waals surface area contributed by atoms with E-state index in [1.807, 2.05) is 0 Å². The molecule has 2 unspecified atom stereocenters. The zero-order chi connectivity index (χ0) is 25.0. The molecule has 0 amide bonds. The molecule has 2 atom stereocenters. The van der Waals surface area contributed by atoms with Gasteiger partial charge in [-0.1, -0.05) is 18.2 Å². The van der Waals surface area contributed by atoms with Crippen LogP contribution in [0.25, 0.3) is 0 Å². The standard InChI is InChI=1S/C22H18O11P2/c1-28-34(24,25)32-13-7-9-17-19(11-13)30-20-12-14(33-35(26,27)29-2)8-10-18(20)22(17)16-6-4-3-5-15(16)21(23)31-22/h3-12H,1-2H3,(H,24,25)(H,26,27). The van der Waals surface area contributed by atoms with Crippen molar-refractivity contribution in [2.24, 2.45) is 0 Å². The molecule has 1 spiro atoms. The molecule has 2 aliphatic heterocycles. The maximum absolute atomic E-state index is 12.9. The fourth-order valence-electron chi connectivity index (χ4n) is 4.09. The van der Waals surface area contributed by atoms with E-state index in [4.69, 9.17) is 18.5 Å². The van der Waals surface area contributed by atoms with E-state index in [0.717, 1.165) is 14.2 Å². The highest BCUT2D eigenvalue weighted by molar-refractivity contribution is 7.48. The van der Waals surface area contributed by atoms with Crippen LogP contribution in [0.15, 0.2) is 60.7 Å². The lowest BCUT2D eigenvalue weighted by atomic mass is 9.77. The highest BCUT2D eigenvalue weighted by atomic mass is 31.2. The minimum Gasteiger partial charge on any atom is -0.456 e. The van der Waals surface area contributed by atoms with Crippen molar-refractivity contribution in [1.29, 1.82) is 0 Å². The van der Waals surface area contributed by atoms with Gasteiger partial charge in [0.25, 0.3) is 0 Å². The Bertz CT molecular complexity index is 1380. The van der Waals surface area contributed by atoms with Gasteiger partial charge in [-0.3, -0.25) is 18.8 Å². The molecule has 0 saturated heterocycles. The number of carbonyl (C=O) groups is 1. The molecule has 2 N–H and O–H groups in total. The van der Waals surface area contributed by atoms with E-state index < -0.39 is 27.2 Å².